The summed E-state index contributed by atoms with van der Waals surface area (Å²) >= 11 is 0. The van der Waals surface area contributed by atoms with Gasteiger partial charge < -0.3 is 4.74 Å². The molecule has 1 saturated heterocycles. The Morgan fingerprint density at radius 3 is 2.53 bits per heavy atom. The van der Waals surface area contributed by atoms with Crippen LogP contribution in [-0.2, 0) is 14.3 Å². The van der Waals surface area contributed by atoms with Gasteiger partial charge in [-0.05, 0) is 12.1 Å². The minimum atomic E-state index is -1.08. The van der Waals surface area contributed by atoms with Crippen molar-refractivity contribution in [2.45, 2.75) is 6.04 Å². The van der Waals surface area contributed by atoms with Crippen LogP contribution in [0.15, 0.2) is 40.6 Å². The Balaban J connectivity index is 2.12. The fourth-order valence-corrected chi connectivity index (χ4v) is 1.16. The van der Waals surface area contributed by atoms with Crippen LogP contribution in [0.5, 0.6) is 0 Å². The van der Waals surface area contributed by atoms with E-state index in [0.29, 0.717) is 5.69 Å². The zero-order chi connectivity index (χ0) is 10.7. The number of hydrogen-bond donors (Lipinski definition) is 0. The van der Waals surface area contributed by atoms with Crippen LogP contribution in [0.1, 0.15) is 0 Å². The van der Waals surface area contributed by atoms with Crippen LogP contribution in [0.4, 0.5) is 5.69 Å². The van der Waals surface area contributed by atoms with Crippen molar-refractivity contribution >= 4 is 17.4 Å². The van der Waals surface area contributed by atoms with E-state index in [1.807, 2.05) is 6.07 Å². The molecule has 0 aromatic heterocycles. The van der Waals surface area contributed by atoms with E-state index in [-0.39, 0.29) is 12.4 Å². The van der Waals surface area contributed by atoms with E-state index < -0.39 is 12.0 Å². The number of carbonyl (C=O) groups is 2. The van der Waals surface area contributed by atoms with Gasteiger partial charge in [-0.2, -0.15) is 10.2 Å². The molecule has 15 heavy (non-hydrogen) atoms. The number of esters is 1. The van der Waals surface area contributed by atoms with Crippen LogP contribution in [-0.4, -0.2) is 24.4 Å². The summed E-state index contributed by atoms with van der Waals surface area (Å²) in [6, 6.07) is 7.81. The maximum absolute atomic E-state index is 11.1. The largest absolute Gasteiger partial charge is 0.456 e. The Morgan fingerprint density at radius 2 is 1.93 bits per heavy atom. The van der Waals surface area contributed by atoms with E-state index in [2.05, 4.69) is 15.0 Å². The van der Waals surface area contributed by atoms with E-state index in [9.17, 15) is 9.59 Å². The van der Waals surface area contributed by atoms with E-state index in [1.165, 1.54) is 0 Å². The molecule has 1 aromatic rings. The molecule has 1 fully saturated rings. The van der Waals surface area contributed by atoms with E-state index in [1.54, 1.807) is 24.3 Å². The summed E-state index contributed by atoms with van der Waals surface area (Å²) in [5.74, 6) is -0.973. The van der Waals surface area contributed by atoms with Crippen molar-refractivity contribution in [2.24, 2.45) is 10.2 Å². The smallest absolute Gasteiger partial charge is 0.341 e. The summed E-state index contributed by atoms with van der Waals surface area (Å²) in [5, 5.41) is 7.45. The highest BCUT2D eigenvalue weighted by molar-refractivity contribution is 6.08. The average Bonchev–Trinajstić information content (AvgIpc) is 2.58. The van der Waals surface area contributed by atoms with E-state index in [0.717, 1.165) is 0 Å². The topological polar surface area (TPSA) is 68.1 Å². The molecule has 0 N–H and O–H groups in total. The standard InChI is InChI=1S/C10H8N2O3/c13-8-6-15-10(14)9(8)12-11-7-4-2-1-3-5-7/h1-5,9H,6H2. The van der Waals surface area contributed by atoms with Crippen LogP contribution in [0.3, 0.4) is 0 Å². The Kier molecular flexibility index (Phi) is 2.53. The average molecular weight is 204 g/mol. The fraction of sp³-hybridized carbons (Fsp3) is 0.200. The molecule has 0 bridgehead atoms. The molecule has 1 aliphatic rings. The molecule has 5 nitrogen and oxygen atoms in total. The zero-order valence-corrected chi connectivity index (χ0v) is 7.79. The molecule has 0 amide bonds. The number of ketones is 1. The molecule has 1 atom stereocenters. The summed E-state index contributed by atoms with van der Waals surface area (Å²) < 4.78 is 4.52. The predicted octanol–water partition coefficient (Wildman–Crippen LogP) is 1.26. The predicted molar refractivity (Wildman–Crippen MR) is 50.7 cm³/mol. The van der Waals surface area contributed by atoms with Crippen LogP contribution < -0.4 is 0 Å². The highest BCUT2D eigenvalue weighted by Crippen LogP contribution is 2.14. The molecule has 0 radical (unpaired) electrons. The Labute approximate surface area is 85.8 Å². The third kappa shape index (κ3) is 2.07. The van der Waals surface area contributed by atoms with E-state index in [4.69, 9.17) is 0 Å². The lowest BCUT2D eigenvalue weighted by Crippen LogP contribution is -2.18. The molecule has 5 heteroatoms. The molecule has 2 rings (SSSR count). The van der Waals surface area contributed by atoms with Gasteiger partial charge in [-0.1, -0.05) is 18.2 Å². The van der Waals surface area contributed by atoms with Crippen LogP contribution in [0.2, 0.25) is 0 Å². The Morgan fingerprint density at radius 1 is 1.20 bits per heavy atom. The van der Waals surface area contributed by atoms with Crippen molar-refractivity contribution < 1.29 is 14.3 Å². The molecule has 1 aliphatic heterocycles. The van der Waals surface area contributed by atoms with Crippen molar-refractivity contribution in [3.05, 3.63) is 30.3 Å². The fourth-order valence-electron chi connectivity index (χ4n) is 1.16. The highest BCUT2D eigenvalue weighted by atomic mass is 16.5. The Bertz CT molecular complexity index is 398. The zero-order valence-electron chi connectivity index (χ0n) is 7.79. The number of benzene rings is 1. The molecule has 0 aliphatic carbocycles. The van der Waals surface area contributed by atoms with Gasteiger partial charge in [0.1, 0.15) is 0 Å². The number of carbonyl (C=O) groups excluding carboxylic acids is 2. The van der Waals surface area contributed by atoms with Gasteiger partial charge in [0.2, 0.25) is 11.8 Å². The number of Topliss-reactive ketones (excluding diaryl/α,β-unsaturated/α-hetero) is 1. The van der Waals surface area contributed by atoms with Gasteiger partial charge in [-0.25, -0.2) is 4.79 Å². The third-order valence-corrected chi connectivity index (χ3v) is 1.93. The lowest BCUT2D eigenvalue weighted by atomic mass is 10.2. The number of nitrogens with zero attached hydrogens (tertiary/aromatic N) is 2. The van der Waals surface area contributed by atoms with Crippen LogP contribution in [0.25, 0.3) is 0 Å². The summed E-state index contributed by atoms with van der Waals surface area (Å²) in [6.07, 6.45) is 0. The molecule has 76 valence electrons. The van der Waals surface area contributed by atoms with Gasteiger partial charge in [0.05, 0.1) is 5.69 Å². The van der Waals surface area contributed by atoms with Gasteiger partial charge in [-0.15, -0.1) is 0 Å². The van der Waals surface area contributed by atoms with E-state index >= 15 is 0 Å². The number of azo groups is 1. The van der Waals surface area contributed by atoms with Crippen molar-refractivity contribution in [3.8, 4) is 0 Å². The van der Waals surface area contributed by atoms with Gasteiger partial charge in [0.15, 0.2) is 6.61 Å². The molecule has 1 unspecified atom stereocenters. The van der Waals surface area contributed by atoms with Gasteiger partial charge >= 0.3 is 5.97 Å². The maximum atomic E-state index is 11.1. The molecule has 1 aromatic carbocycles. The van der Waals surface area contributed by atoms with Crippen LogP contribution in [0, 0.1) is 0 Å². The summed E-state index contributed by atoms with van der Waals surface area (Å²) in [6.45, 7) is -0.197. The number of cyclic esters (lactones) is 1. The maximum Gasteiger partial charge on any atom is 0.341 e. The second-order valence-electron chi connectivity index (χ2n) is 3.03. The highest BCUT2D eigenvalue weighted by Gasteiger charge is 2.35. The molecular weight excluding hydrogens is 196 g/mol. The molecule has 0 spiro atoms. The van der Waals surface area contributed by atoms with Crippen molar-refractivity contribution in [3.63, 3.8) is 0 Å². The van der Waals surface area contributed by atoms with Crippen molar-refractivity contribution in [1.29, 1.82) is 0 Å². The summed E-state index contributed by atoms with van der Waals surface area (Å²) in [4.78, 5) is 22.1. The first-order valence-electron chi connectivity index (χ1n) is 4.42. The third-order valence-electron chi connectivity index (χ3n) is 1.93. The normalized spacial score (nSPS) is 20.9. The lowest BCUT2D eigenvalue weighted by molar-refractivity contribution is -0.139. The monoisotopic (exact) mass is 204 g/mol. The molecule has 1 heterocycles. The first kappa shape index (κ1) is 9.51. The van der Waals surface area contributed by atoms with Crippen LogP contribution >= 0.6 is 0 Å². The molecular formula is C10H8N2O3. The van der Waals surface area contributed by atoms with Gasteiger partial charge in [0, 0.05) is 0 Å². The Hall–Kier alpha value is -2.04. The summed E-state index contributed by atoms with van der Waals surface area (Å²) in [5.41, 5.74) is 0.602. The minimum absolute atomic E-state index is 0.197. The second kappa shape index (κ2) is 4.00. The first-order valence-corrected chi connectivity index (χ1v) is 4.42. The minimum Gasteiger partial charge on any atom is -0.456 e. The van der Waals surface area contributed by atoms with Crippen molar-refractivity contribution in [1.82, 2.24) is 0 Å². The molecule has 0 saturated carbocycles. The first-order chi connectivity index (χ1) is 7.27. The van der Waals surface area contributed by atoms with Gasteiger partial charge in [0.25, 0.3) is 0 Å². The van der Waals surface area contributed by atoms with Gasteiger partial charge in [-0.3, -0.25) is 4.79 Å². The second-order valence-corrected chi connectivity index (χ2v) is 3.03. The number of rotatable bonds is 2. The quantitative estimate of drug-likeness (QED) is 0.413. The number of hydrogen-bond acceptors (Lipinski definition) is 5. The van der Waals surface area contributed by atoms with Crippen molar-refractivity contribution in [2.75, 3.05) is 6.61 Å². The SMILES string of the molecule is O=C1COC(=O)C1N=Nc1ccccc1. The lowest BCUT2D eigenvalue weighted by Gasteiger charge is -1.94. The number of ether oxygens (including phenoxy) is 1. The summed E-state index contributed by atoms with van der Waals surface area (Å²) in [7, 11) is 0.